The number of ether oxygens (including phenoxy) is 2. The largest absolute Gasteiger partial charge is 0.493 e. The van der Waals surface area contributed by atoms with Crippen LogP contribution in [0.4, 0.5) is 5.69 Å². The molecular formula is C23H25NO2. The van der Waals surface area contributed by atoms with E-state index in [-0.39, 0.29) is 0 Å². The third kappa shape index (κ3) is 5.55. The van der Waals surface area contributed by atoms with Crippen molar-refractivity contribution < 1.29 is 9.47 Å². The molecule has 0 fully saturated rings. The standard InChI is InChI=1S/C23H25NO2/c1-19-8-5-6-13-23(19)26-17-15-24-21-11-7-12-22(18-21)25-16-14-20-9-3-2-4-10-20/h2-13,18,24H,14-17H2,1H3. The molecule has 0 unspecified atom stereocenters. The maximum atomic E-state index is 5.87. The number of nitrogens with one attached hydrogen (secondary N) is 1. The van der Waals surface area contributed by atoms with E-state index in [1.807, 2.05) is 48.5 Å². The zero-order valence-corrected chi connectivity index (χ0v) is 15.2. The van der Waals surface area contributed by atoms with Crippen LogP contribution in [0, 0.1) is 6.92 Å². The minimum Gasteiger partial charge on any atom is -0.493 e. The predicted octanol–water partition coefficient (Wildman–Crippen LogP) is 5.11. The van der Waals surface area contributed by atoms with Crippen LogP contribution in [0.2, 0.25) is 0 Å². The molecule has 134 valence electrons. The second kappa shape index (κ2) is 9.52. The summed E-state index contributed by atoms with van der Waals surface area (Å²) in [5.74, 6) is 1.82. The molecule has 26 heavy (non-hydrogen) atoms. The highest BCUT2D eigenvalue weighted by Crippen LogP contribution is 2.18. The molecule has 0 saturated carbocycles. The van der Waals surface area contributed by atoms with Crippen LogP contribution in [-0.4, -0.2) is 19.8 Å². The summed E-state index contributed by atoms with van der Waals surface area (Å²) in [6, 6.07) is 26.5. The molecule has 0 bridgehead atoms. The van der Waals surface area contributed by atoms with Crippen LogP contribution in [0.3, 0.4) is 0 Å². The van der Waals surface area contributed by atoms with Crippen LogP contribution in [0.1, 0.15) is 11.1 Å². The van der Waals surface area contributed by atoms with Crippen LogP contribution in [-0.2, 0) is 6.42 Å². The van der Waals surface area contributed by atoms with Gasteiger partial charge < -0.3 is 14.8 Å². The molecule has 3 aromatic carbocycles. The molecule has 0 aliphatic heterocycles. The van der Waals surface area contributed by atoms with E-state index >= 15 is 0 Å². The first-order valence-electron chi connectivity index (χ1n) is 9.00. The Morgan fingerprint density at radius 3 is 2.42 bits per heavy atom. The third-order valence-electron chi connectivity index (χ3n) is 4.12. The Kier molecular flexibility index (Phi) is 6.54. The van der Waals surface area contributed by atoms with Crippen molar-refractivity contribution in [2.24, 2.45) is 0 Å². The lowest BCUT2D eigenvalue weighted by atomic mass is 10.2. The Morgan fingerprint density at radius 1 is 0.769 bits per heavy atom. The first-order chi connectivity index (χ1) is 12.8. The highest BCUT2D eigenvalue weighted by Gasteiger charge is 2.00. The van der Waals surface area contributed by atoms with Gasteiger partial charge in [0.25, 0.3) is 0 Å². The smallest absolute Gasteiger partial charge is 0.122 e. The molecule has 0 spiro atoms. The maximum absolute atomic E-state index is 5.87. The summed E-state index contributed by atoms with van der Waals surface area (Å²) in [4.78, 5) is 0. The summed E-state index contributed by atoms with van der Waals surface area (Å²) in [5, 5.41) is 3.38. The number of rotatable bonds is 9. The highest BCUT2D eigenvalue weighted by atomic mass is 16.5. The quantitative estimate of drug-likeness (QED) is 0.546. The average Bonchev–Trinajstić information content (AvgIpc) is 2.68. The van der Waals surface area contributed by atoms with Gasteiger partial charge in [0, 0.05) is 24.7 Å². The predicted molar refractivity (Wildman–Crippen MR) is 107 cm³/mol. The van der Waals surface area contributed by atoms with E-state index < -0.39 is 0 Å². The Bertz CT molecular complexity index is 802. The minimum atomic E-state index is 0.615. The molecule has 1 N–H and O–H groups in total. The Labute approximate surface area is 155 Å². The van der Waals surface area contributed by atoms with E-state index in [4.69, 9.17) is 9.47 Å². The van der Waals surface area contributed by atoms with Crippen molar-refractivity contribution in [2.45, 2.75) is 13.3 Å². The van der Waals surface area contributed by atoms with Gasteiger partial charge in [-0.05, 0) is 36.2 Å². The van der Waals surface area contributed by atoms with Gasteiger partial charge in [0.15, 0.2) is 0 Å². The second-order valence-electron chi connectivity index (χ2n) is 6.15. The van der Waals surface area contributed by atoms with Gasteiger partial charge in [0.1, 0.15) is 18.1 Å². The van der Waals surface area contributed by atoms with E-state index in [9.17, 15) is 0 Å². The van der Waals surface area contributed by atoms with Crippen molar-refractivity contribution in [1.29, 1.82) is 0 Å². The van der Waals surface area contributed by atoms with Gasteiger partial charge in [-0.2, -0.15) is 0 Å². The van der Waals surface area contributed by atoms with Gasteiger partial charge in [-0.3, -0.25) is 0 Å². The molecule has 0 radical (unpaired) electrons. The van der Waals surface area contributed by atoms with Crippen LogP contribution in [0.25, 0.3) is 0 Å². The molecule has 3 nitrogen and oxygen atoms in total. The van der Waals surface area contributed by atoms with Crippen molar-refractivity contribution in [3.8, 4) is 11.5 Å². The molecule has 0 atom stereocenters. The van der Waals surface area contributed by atoms with Crippen molar-refractivity contribution >= 4 is 5.69 Å². The summed E-state index contributed by atoms with van der Waals surface area (Å²) in [6.07, 6.45) is 0.906. The van der Waals surface area contributed by atoms with E-state index in [1.54, 1.807) is 0 Å². The fraction of sp³-hybridized carbons (Fsp3) is 0.217. The molecule has 0 aromatic heterocycles. The molecule has 0 aliphatic rings. The Morgan fingerprint density at radius 2 is 1.58 bits per heavy atom. The van der Waals surface area contributed by atoms with Crippen molar-refractivity contribution in [2.75, 3.05) is 25.1 Å². The van der Waals surface area contributed by atoms with Crippen molar-refractivity contribution in [3.05, 3.63) is 90.0 Å². The lowest BCUT2D eigenvalue weighted by Crippen LogP contribution is -2.12. The first-order valence-corrected chi connectivity index (χ1v) is 9.00. The van der Waals surface area contributed by atoms with Gasteiger partial charge in [0.05, 0.1) is 6.61 Å². The molecule has 0 amide bonds. The molecular weight excluding hydrogens is 322 g/mol. The molecule has 3 heteroatoms. The minimum absolute atomic E-state index is 0.615. The SMILES string of the molecule is Cc1ccccc1OCCNc1cccc(OCCc2ccccc2)c1. The third-order valence-corrected chi connectivity index (χ3v) is 4.12. The fourth-order valence-electron chi connectivity index (χ4n) is 2.70. The Balaban J connectivity index is 1.41. The lowest BCUT2D eigenvalue weighted by Gasteiger charge is -2.12. The number of hydrogen-bond acceptors (Lipinski definition) is 3. The van der Waals surface area contributed by atoms with Gasteiger partial charge in [-0.1, -0.05) is 54.6 Å². The van der Waals surface area contributed by atoms with Crippen LogP contribution < -0.4 is 14.8 Å². The molecule has 3 rings (SSSR count). The monoisotopic (exact) mass is 347 g/mol. The second-order valence-corrected chi connectivity index (χ2v) is 6.15. The first kappa shape index (κ1) is 17.9. The molecule has 3 aromatic rings. The van der Waals surface area contributed by atoms with Gasteiger partial charge in [-0.25, -0.2) is 0 Å². The van der Waals surface area contributed by atoms with Crippen LogP contribution in [0.15, 0.2) is 78.9 Å². The summed E-state index contributed by atoms with van der Waals surface area (Å²) in [6.45, 7) is 4.08. The summed E-state index contributed by atoms with van der Waals surface area (Å²) < 4.78 is 11.7. The van der Waals surface area contributed by atoms with Crippen LogP contribution >= 0.6 is 0 Å². The summed E-state index contributed by atoms with van der Waals surface area (Å²) >= 11 is 0. The fourth-order valence-corrected chi connectivity index (χ4v) is 2.70. The molecule has 0 saturated heterocycles. The van der Waals surface area contributed by atoms with E-state index in [2.05, 4.69) is 42.6 Å². The zero-order valence-electron chi connectivity index (χ0n) is 15.2. The van der Waals surface area contributed by atoms with Crippen LogP contribution in [0.5, 0.6) is 11.5 Å². The van der Waals surface area contributed by atoms with E-state index in [0.29, 0.717) is 13.2 Å². The van der Waals surface area contributed by atoms with Crippen molar-refractivity contribution in [1.82, 2.24) is 0 Å². The normalized spacial score (nSPS) is 10.3. The number of para-hydroxylation sites is 1. The number of hydrogen-bond donors (Lipinski definition) is 1. The summed E-state index contributed by atoms with van der Waals surface area (Å²) in [5.41, 5.74) is 3.48. The van der Waals surface area contributed by atoms with Gasteiger partial charge in [0.2, 0.25) is 0 Å². The molecule has 0 heterocycles. The highest BCUT2D eigenvalue weighted by molar-refractivity contribution is 5.48. The molecule has 0 aliphatic carbocycles. The van der Waals surface area contributed by atoms with Gasteiger partial charge in [-0.15, -0.1) is 0 Å². The lowest BCUT2D eigenvalue weighted by molar-refractivity contribution is 0.321. The number of anilines is 1. The van der Waals surface area contributed by atoms with Crippen molar-refractivity contribution in [3.63, 3.8) is 0 Å². The van der Waals surface area contributed by atoms with E-state index in [0.717, 1.165) is 35.7 Å². The zero-order chi connectivity index (χ0) is 18.0. The average molecular weight is 347 g/mol. The van der Waals surface area contributed by atoms with Gasteiger partial charge >= 0.3 is 0 Å². The van der Waals surface area contributed by atoms with E-state index in [1.165, 1.54) is 5.56 Å². The Hall–Kier alpha value is -2.94. The number of benzene rings is 3. The summed E-state index contributed by atoms with van der Waals surface area (Å²) in [7, 11) is 0. The topological polar surface area (TPSA) is 30.5 Å². The maximum Gasteiger partial charge on any atom is 0.122 e. The number of aryl methyl sites for hydroxylation is 1.